The minimum Gasteiger partial charge on any atom is -0.381 e. The van der Waals surface area contributed by atoms with E-state index in [4.69, 9.17) is 15.2 Å². The van der Waals surface area contributed by atoms with Crippen LogP contribution in [0.25, 0.3) is 0 Å². The predicted octanol–water partition coefficient (Wildman–Crippen LogP) is 0.876. The van der Waals surface area contributed by atoms with Crippen LogP contribution in [0.5, 0.6) is 0 Å². The first kappa shape index (κ1) is 13.5. The lowest BCUT2D eigenvalue weighted by Gasteiger charge is -2.40. The van der Waals surface area contributed by atoms with Crippen molar-refractivity contribution in [3.63, 3.8) is 0 Å². The summed E-state index contributed by atoms with van der Waals surface area (Å²) in [5.41, 5.74) is 7.35. The maximum Gasteiger partial charge on any atom is 0.0872 e. The van der Waals surface area contributed by atoms with Gasteiger partial charge in [0.25, 0.3) is 0 Å². The lowest BCUT2D eigenvalue weighted by Crippen LogP contribution is -2.53. The molecule has 1 fully saturated rings. The van der Waals surface area contributed by atoms with Crippen LogP contribution in [0, 0.1) is 0 Å². The molecule has 2 rings (SSSR count). The van der Waals surface area contributed by atoms with Crippen LogP contribution in [0.3, 0.4) is 0 Å². The Kier molecular flexibility index (Phi) is 4.37. The highest BCUT2D eigenvalue weighted by molar-refractivity contribution is 5.02. The molecule has 0 aromatic carbocycles. The Balaban J connectivity index is 1.93. The quantitative estimate of drug-likeness (QED) is 0.846. The van der Waals surface area contributed by atoms with Gasteiger partial charge in [0.2, 0.25) is 0 Å². The molecule has 2 heterocycles. The van der Waals surface area contributed by atoms with E-state index in [9.17, 15) is 0 Å². The molecule has 5 heteroatoms. The van der Waals surface area contributed by atoms with E-state index in [-0.39, 0.29) is 11.6 Å². The fourth-order valence-electron chi connectivity index (χ4n) is 2.66. The summed E-state index contributed by atoms with van der Waals surface area (Å²) in [5.74, 6) is 0. The molecule has 0 aliphatic carbocycles. The van der Waals surface area contributed by atoms with Crippen molar-refractivity contribution < 1.29 is 9.47 Å². The molecule has 1 aliphatic rings. The molecule has 1 aromatic heterocycles. The topological polar surface area (TPSA) is 62.3 Å². The number of ether oxygens (including phenoxy) is 2. The number of hydrogen-bond acceptors (Lipinski definition) is 4. The van der Waals surface area contributed by atoms with Gasteiger partial charge in [0.1, 0.15) is 0 Å². The molecule has 1 unspecified atom stereocenters. The number of rotatable bonds is 5. The third-order valence-electron chi connectivity index (χ3n) is 4.06. The molecule has 1 aliphatic heterocycles. The van der Waals surface area contributed by atoms with Crippen LogP contribution in [0.2, 0.25) is 0 Å². The summed E-state index contributed by atoms with van der Waals surface area (Å²) >= 11 is 0. The van der Waals surface area contributed by atoms with Crippen LogP contribution in [0.4, 0.5) is 0 Å². The monoisotopic (exact) mass is 253 g/mol. The third kappa shape index (κ3) is 2.74. The molecular formula is C13H23N3O2. The van der Waals surface area contributed by atoms with Gasteiger partial charge >= 0.3 is 0 Å². The smallest absolute Gasteiger partial charge is 0.0872 e. The number of hydrogen-bond donors (Lipinski definition) is 1. The first-order valence-corrected chi connectivity index (χ1v) is 6.53. The van der Waals surface area contributed by atoms with E-state index in [0.717, 1.165) is 38.9 Å². The number of nitrogens with two attached hydrogens (primary N) is 1. The summed E-state index contributed by atoms with van der Waals surface area (Å²) in [6, 6.07) is 2.08. The summed E-state index contributed by atoms with van der Waals surface area (Å²) in [7, 11) is 3.72. The Hall–Kier alpha value is -0.910. The number of nitrogens with zero attached hydrogens (tertiary/aromatic N) is 2. The van der Waals surface area contributed by atoms with Crippen molar-refractivity contribution in [2.75, 3.05) is 20.3 Å². The Bertz CT molecular complexity index is 372. The van der Waals surface area contributed by atoms with Gasteiger partial charge in [0.05, 0.1) is 5.60 Å². The van der Waals surface area contributed by atoms with Crippen LogP contribution in [0.15, 0.2) is 12.3 Å². The second kappa shape index (κ2) is 5.82. The molecule has 0 radical (unpaired) electrons. The molecule has 18 heavy (non-hydrogen) atoms. The van der Waals surface area contributed by atoms with E-state index >= 15 is 0 Å². The summed E-state index contributed by atoms with van der Waals surface area (Å²) in [6.07, 6.45) is 5.44. The van der Waals surface area contributed by atoms with Crippen molar-refractivity contribution in [2.45, 2.75) is 37.3 Å². The average Bonchev–Trinajstić information content (AvgIpc) is 2.82. The van der Waals surface area contributed by atoms with Gasteiger partial charge in [-0.15, -0.1) is 0 Å². The fourth-order valence-corrected chi connectivity index (χ4v) is 2.66. The highest BCUT2D eigenvalue weighted by Gasteiger charge is 2.38. The second-order valence-corrected chi connectivity index (χ2v) is 4.97. The van der Waals surface area contributed by atoms with Gasteiger partial charge in [-0.1, -0.05) is 0 Å². The molecule has 0 saturated carbocycles. The van der Waals surface area contributed by atoms with E-state index in [1.807, 2.05) is 24.0 Å². The highest BCUT2D eigenvalue weighted by Crippen LogP contribution is 2.29. The molecule has 1 saturated heterocycles. The largest absolute Gasteiger partial charge is 0.381 e. The van der Waals surface area contributed by atoms with Gasteiger partial charge in [-0.3, -0.25) is 4.68 Å². The minimum absolute atomic E-state index is 0.0429. The molecule has 0 spiro atoms. The van der Waals surface area contributed by atoms with Crippen LogP contribution >= 0.6 is 0 Å². The summed E-state index contributed by atoms with van der Waals surface area (Å²) < 4.78 is 13.0. The molecule has 0 amide bonds. The molecule has 5 nitrogen and oxygen atoms in total. The summed E-state index contributed by atoms with van der Waals surface area (Å²) in [4.78, 5) is 0. The lowest BCUT2D eigenvalue weighted by atomic mass is 9.84. The van der Waals surface area contributed by atoms with E-state index in [2.05, 4.69) is 5.10 Å². The average molecular weight is 253 g/mol. The van der Waals surface area contributed by atoms with Crippen molar-refractivity contribution in [3.05, 3.63) is 18.0 Å². The Morgan fingerprint density at radius 3 is 2.83 bits per heavy atom. The first-order chi connectivity index (χ1) is 8.68. The number of aromatic nitrogens is 2. The fraction of sp³-hybridized carbons (Fsp3) is 0.769. The van der Waals surface area contributed by atoms with Crippen molar-refractivity contribution in [2.24, 2.45) is 12.8 Å². The summed E-state index contributed by atoms with van der Waals surface area (Å²) in [5, 5.41) is 4.17. The minimum atomic E-state index is -0.211. The Labute approximate surface area is 108 Å². The predicted molar refractivity (Wildman–Crippen MR) is 69.3 cm³/mol. The zero-order valence-corrected chi connectivity index (χ0v) is 11.3. The molecule has 1 aromatic rings. The van der Waals surface area contributed by atoms with E-state index in [1.54, 1.807) is 7.11 Å². The normalized spacial score (nSPS) is 20.8. The van der Waals surface area contributed by atoms with Gasteiger partial charge in [-0.05, 0) is 18.9 Å². The van der Waals surface area contributed by atoms with Gasteiger partial charge in [0, 0.05) is 58.1 Å². The van der Waals surface area contributed by atoms with Crippen molar-refractivity contribution >= 4 is 0 Å². The van der Waals surface area contributed by atoms with Gasteiger partial charge < -0.3 is 15.2 Å². The van der Waals surface area contributed by atoms with E-state index < -0.39 is 0 Å². The van der Waals surface area contributed by atoms with Crippen molar-refractivity contribution in [3.8, 4) is 0 Å². The zero-order valence-electron chi connectivity index (χ0n) is 11.3. The third-order valence-corrected chi connectivity index (χ3v) is 4.06. The van der Waals surface area contributed by atoms with Crippen LogP contribution in [0.1, 0.15) is 25.0 Å². The van der Waals surface area contributed by atoms with Crippen LogP contribution < -0.4 is 5.73 Å². The second-order valence-electron chi connectivity index (χ2n) is 4.97. The SMILES string of the molecule is COC1(C(N)CCc2ccnn2C)CCOCC1. The molecular weight excluding hydrogens is 230 g/mol. The molecule has 1 atom stereocenters. The van der Waals surface area contributed by atoms with Gasteiger partial charge in [-0.2, -0.15) is 5.10 Å². The molecule has 102 valence electrons. The van der Waals surface area contributed by atoms with Crippen LogP contribution in [-0.4, -0.2) is 41.7 Å². The van der Waals surface area contributed by atoms with E-state index in [0.29, 0.717) is 0 Å². The maximum atomic E-state index is 6.35. The maximum absolute atomic E-state index is 6.35. The molecule has 0 bridgehead atoms. The number of aryl methyl sites for hydroxylation is 2. The van der Waals surface area contributed by atoms with Gasteiger partial charge in [0.15, 0.2) is 0 Å². The standard InChI is InChI=1S/C13H23N3O2/c1-16-11(5-8-15-16)3-4-12(14)13(17-2)6-9-18-10-7-13/h5,8,12H,3-4,6-7,9-10,14H2,1-2H3. The first-order valence-electron chi connectivity index (χ1n) is 6.53. The zero-order chi connectivity index (χ0) is 13.0. The Morgan fingerprint density at radius 1 is 1.56 bits per heavy atom. The van der Waals surface area contributed by atoms with Crippen molar-refractivity contribution in [1.82, 2.24) is 9.78 Å². The van der Waals surface area contributed by atoms with E-state index in [1.165, 1.54) is 5.69 Å². The van der Waals surface area contributed by atoms with Crippen molar-refractivity contribution in [1.29, 1.82) is 0 Å². The summed E-state index contributed by atoms with van der Waals surface area (Å²) in [6.45, 7) is 1.49. The lowest BCUT2D eigenvalue weighted by molar-refractivity contribution is -0.105. The highest BCUT2D eigenvalue weighted by atomic mass is 16.5. The van der Waals surface area contributed by atoms with Gasteiger partial charge in [-0.25, -0.2) is 0 Å². The molecule has 2 N–H and O–H groups in total. The number of methoxy groups -OCH3 is 1. The van der Waals surface area contributed by atoms with Crippen LogP contribution in [-0.2, 0) is 22.9 Å². The Morgan fingerprint density at radius 2 is 2.28 bits per heavy atom.